The van der Waals surface area contributed by atoms with Crippen molar-refractivity contribution in [3.8, 4) is 11.5 Å². The number of aliphatic hydroxyl groups is 1. The number of amides is 2. The first kappa shape index (κ1) is 14.4. The Hall–Kier alpha value is -2.54. The Morgan fingerprint density at radius 1 is 1.45 bits per heavy atom. The summed E-state index contributed by atoms with van der Waals surface area (Å²) in [6.45, 7) is -0.333. The number of carbonyl (C=O) groups is 2. The number of β-amino-alcohol motifs (C(OH)–C–C–N with tert-alkyl or cyclic N) is 1. The predicted molar refractivity (Wildman–Crippen MR) is 76.0 cm³/mol. The summed E-state index contributed by atoms with van der Waals surface area (Å²) < 4.78 is 10.7. The average Bonchev–Trinajstić information content (AvgIpc) is 2.50. The van der Waals surface area contributed by atoms with E-state index in [0.29, 0.717) is 11.5 Å². The summed E-state index contributed by atoms with van der Waals surface area (Å²) in [5.41, 5.74) is 6.89. The number of benzene rings is 1. The Kier molecular flexibility index (Phi) is 3.50. The molecule has 1 fully saturated rings. The summed E-state index contributed by atoms with van der Waals surface area (Å²) in [4.78, 5) is 25.6. The number of carbonyl (C=O) groups excluding carboxylic acids is 2. The van der Waals surface area contributed by atoms with Crippen molar-refractivity contribution in [1.82, 2.24) is 4.90 Å². The van der Waals surface area contributed by atoms with Crippen molar-refractivity contribution >= 4 is 11.8 Å². The van der Waals surface area contributed by atoms with Crippen LogP contribution < -0.4 is 15.2 Å². The maximum absolute atomic E-state index is 12.5. The Morgan fingerprint density at radius 3 is 2.91 bits per heavy atom. The predicted octanol–water partition coefficient (Wildman–Crippen LogP) is 0.0927. The number of aliphatic hydroxyl groups excluding tert-OH is 1. The van der Waals surface area contributed by atoms with Crippen LogP contribution in [-0.4, -0.2) is 42.1 Å². The lowest BCUT2D eigenvalue weighted by Crippen LogP contribution is -2.47. The molecule has 2 amide bonds. The molecule has 0 radical (unpaired) electrons. The van der Waals surface area contributed by atoms with Crippen LogP contribution in [0.4, 0.5) is 0 Å². The molecule has 1 saturated heterocycles. The number of rotatable bonds is 3. The van der Waals surface area contributed by atoms with Gasteiger partial charge >= 0.3 is 0 Å². The highest BCUT2D eigenvalue weighted by atomic mass is 16.5. The van der Waals surface area contributed by atoms with Crippen molar-refractivity contribution in [2.45, 2.75) is 12.3 Å². The Morgan fingerprint density at radius 2 is 2.23 bits per heavy atom. The SMILES string of the molecule is COc1ccc2c(c1)OC(N)=C1C(=O)N(CCO)C(=O)CC12. The van der Waals surface area contributed by atoms with Crippen LogP contribution in [0, 0.1) is 0 Å². The molecule has 3 N–H and O–H groups in total. The molecule has 7 nitrogen and oxygen atoms in total. The van der Waals surface area contributed by atoms with Gasteiger partial charge in [0.15, 0.2) is 5.88 Å². The van der Waals surface area contributed by atoms with Gasteiger partial charge in [0.05, 0.1) is 25.8 Å². The van der Waals surface area contributed by atoms with Gasteiger partial charge in [0.1, 0.15) is 11.5 Å². The summed E-state index contributed by atoms with van der Waals surface area (Å²) in [6, 6.07) is 5.19. The van der Waals surface area contributed by atoms with Gasteiger partial charge in [0, 0.05) is 24.0 Å². The molecule has 0 spiro atoms. The van der Waals surface area contributed by atoms with Gasteiger partial charge < -0.3 is 20.3 Å². The van der Waals surface area contributed by atoms with Crippen LogP contribution >= 0.6 is 0 Å². The minimum atomic E-state index is -0.505. The van der Waals surface area contributed by atoms with Gasteiger partial charge in [-0.2, -0.15) is 0 Å². The third-order valence-electron chi connectivity index (χ3n) is 3.91. The smallest absolute Gasteiger partial charge is 0.262 e. The highest BCUT2D eigenvalue weighted by Gasteiger charge is 2.43. The van der Waals surface area contributed by atoms with E-state index in [9.17, 15) is 9.59 Å². The molecule has 1 aromatic carbocycles. The second-order valence-corrected chi connectivity index (χ2v) is 5.11. The van der Waals surface area contributed by atoms with Crippen LogP contribution in [0.3, 0.4) is 0 Å². The largest absolute Gasteiger partial charge is 0.497 e. The normalized spacial score (nSPS) is 20.5. The second-order valence-electron chi connectivity index (χ2n) is 5.11. The number of piperidine rings is 1. The number of fused-ring (bicyclic) bond motifs is 3. The summed E-state index contributed by atoms with van der Waals surface area (Å²) in [5.74, 6) is -0.179. The molecule has 1 aromatic rings. The van der Waals surface area contributed by atoms with Gasteiger partial charge in [-0.15, -0.1) is 0 Å². The minimum absolute atomic E-state index is 0.00815. The van der Waals surface area contributed by atoms with Gasteiger partial charge in [-0.05, 0) is 6.07 Å². The summed E-state index contributed by atoms with van der Waals surface area (Å²) in [7, 11) is 1.54. The second kappa shape index (κ2) is 5.34. The standard InChI is InChI=1S/C15H16N2O5/c1-21-8-2-3-9-10-7-12(19)17(4-5-18)15(20)13(10)14(16)22-11(9)6-8/h2-3,6,10,18H,4-5,7,16H2,1H3. The first-order valence-corrected chi connectivity index (χ1v) is 6.87. The fraction of sp³-hybridized carbons (Fsp3) is 0.333. The van der Waals surface area contributed by atoms with Gasteiger partial charge in [0.25, 0.3) is 5.91 Å². The van der Waals surface area contributed by atoms with Gasteiger partial charge in [-0.25, -0.2) is 0 Å². The highest BCUT2D eigenvalue weighted by Crippen LogP contribution is 2.44. The van der Waals surface area contributed by atoms with Crippen LogP contribution in [0.5, 0.6) is 11.5 Å². The Labute approximate surface area is 126 Å². The molecular weight excluding hydrogens is 288 g/mol. The van der Waals surface area contributed by atoms with Crippen molar-refractivity contribution in [1.29, 1.82) is 0 Å². The lowest BCUT2D eigenvalue weighted by Gasteiger charge is -2.35. The molecule has 3 rings (SSSR count). The van der Waals surface area contributed by atoms with E-state index in [1.54, 1.807) is 18.2 Å². The van der Waals surface area contributed by atoms with Gasteiger partial charge in [-0.3, -0.25) is 14.5 Å². The van der Waals surface area contributed by atoms with Crippen LogP contribution in [0.1, 0.15) is 17.9 Å². The Bertz CT molecular complexity index is 683. The van der Waals surface area contributed by atoms with Crippen LogP contribution in [-0.2, 0) is 9.59 Å². The molecule has 2 heterocycles. The fourth-order valence-corrected chi connectivity index (χ4v) is 2.85. The molecule has 2 aliphatic rings. The molecule has 1 unspecified atom stereocenters. The number of hydrogen-bond acceptors (Lipinski definition) is 6. The maximum atomic E-state index is 12.5. The first-order chi connectivity index (χ1) is 10.6. The quantitative estimate of drug-likeness (QED) is 0.768. The van der Waals surface area contributed by atoms with E-state index in [1.807, 2.05) is 0 Å². The number of imide groups is 1. The highest BCUT2D eigenvalue weighted by molar-refractivity contribution is 6.09. The molecule has 2 aliphatic heterocycles. The van der Waals surface area contributed by atoms with E-state index >= 15 is 0 Å². The van der Waals surface area contributed by atoms with E-state index in [4.69, 9.17) is 20.3 Å². The van der Waals surface area contributed by atoms with E-state index in [2.05, 4.69) is 0 Å². The maximum Gasteiger partial charge on any atom is 0.262 e. The monoisotopic (exact) mass is 304 g/mol. The number of ether oxygens (including phenoxy) is 2. The first-order valence-electron chi connectivity index (χ1n) is 6.87. The third-order valence-corrected chi connectivity index (χ3v) is 3.91. The Balaban J connectivity index is 2.04. The van der Waals surface area contributed by atoms with Crippen LogP contribution in [0.2, 0.25) is 0 Å². The average molecular weight is 304 g/mol. The van der Waals surface area contributed by atoms with Crippen molar-refractivity contribution in [3.63, 3.8) is 0 Å². The van der Waals surface area contributed by atoms with E-state index in [-0.39, 0.29) is 36.9 Å². The van der Waals surface area contributed by atoms with Crippen LogP contribution in [0.25, 0.3) is 0 Å². The molecular formula is C15H16N2O5. The lowest BCUT2D eigenvalue weighted by molar-refractivity contribution is -0.146. The zero-order valence-electron chi connectivity index (χ0n) is 12.0. The van der Waals surface area contributed by atoms with Crippen molar-refractivity contribution < 1.29 is 24.2 Å². The fourth-order valence-electron chi connectivity index (χ4n) is 2.85. The molecule has 0 saturated carbocycles. The van der Waals surface area contributed by atoms with E-state index in [0.717, 1.165) is 10.5 Å². The lowest BCUT2D eigenvalue weighted by atomic mass is 9.82. The summed E-state index contributed by atoms with van der Waals surface area (Å²) in [6.07, 6.45) is 0.116. The van der Waals surface area contributed by atoms with Gasteiger partial charge in [0.2, 0.25) is 5.91 Å². The molecule has 0 aliphatic carbocycles. The van der Waals surface area contributed by atoms with E-state index < -0.39 is 11.8 Å². The van der Waals surface area contributed by atoms with Gasteiger partial charge in [-0.1, -0.05) is 6.07 Å². The molecule has 116 valence electrons. The number of nitrogens with zero attached hydrogens (tertiary/aromatic N) is 1. The zero-order valence-corrected chi connectivity index (χ0v) is 12.0. The molecule has 1 atom stereocenters. The number of hydrogen-bond donors (Lipinski definition) is 2. The summed E-state index contributed by atoms with van der Waals surface area (Å²) in [5, 5.41) is 8.99. The molecule has 0 aromatic heterocycles. The number of nitrogens with two attached hydrogens (primary N) is 1. The summed E-state index contributed by atoms with van der Waals surface area (Å²) >= 11 is 0. The number of likely N-dealkylation sites (tertiary alicyclic amines) is 1. The molecule has 7 heteroatoms. The van der Waals surface area contributed by atoms with Crippen LogP contribution in [0.15, 0.2) is 29.7 Å². The topological polar surface area (TPSA) is 102 Å². The van der Waals surface area contributed by atoms with Crippen molar-refractivity contribution in [2.24, 2.45) is 5.73 Å². The van der Waals surface area contributed by atoms with Crippen molar-refractivity contribution in [3.05, 3.63) is 35.2 Å². The molecule has 22 heavy (non-hydrogen) atoms. The number of methoxy groups -OCH3 is 1. The minimum Gasteiger partial charge on any atom is -0.497 e. The molecule has 0 bridgehead atoms. The van der Waals surface area contributed by atoms with E-state index in [1.165, 1.54) is 7.11 Å². The zero-order chi connectivity index (χ0) is 15.9. The third kappa shape index (κ3) is 2.10. The van der Waals surface area contributed by atoms with Crippen molar-refractivity contribution in [2.75, 3.05) is 20.3 Å².